The first-order chi connectivity index (χ1) is 14.8. The van der Waals surface area contributed by atoms with Crippen LogP contribution in [0.25, 0.3) is 0 Å². The van der Waals surface area contributed by atoms with Gasteiger partial charge in [0.25, 0.3) is 15.9 Å². The van der Waals surface area contributed by atoms with E-state index in [4.69, 9.17) is 0 Å². The molecule has 8 heteroatoms. The molecule has 0 saturated heterocycles. The van der Waals surface area contributed by atoms with Crippen molar-refractivity contribution in [2.45, 2.75) is 38.0 Å². The van der Waals surface area contributed by atoms with Crippen LogP contribution in [0.5, 0.6) is 0 Å². The minimum absolute atomic E-state index is 0.0855. The number of thiazole rings is 1. The number of carbonyl (C=O) groups excluding carboxylic acids is 1. The number of benzene rings is 2. The van der Waals surface area contributed by atoms with Crippen LogP contribution in [0.4, 0.5) is 5.69 Å². The van der Waals surface area contributed by atoms with Crippen LogP contribution < -0.4 is 9.62 Å². The lowest BCUT2D eigenvalue weighted by molar-refractivity contribution is 0.0953. The van der Waals surface area contributed by atoms with Crippen LogP contribution in [-0.4, -0.2) is 32.9 Å². The summed E-state index contributed by atoms with van der Waals surface area (Å²) in [4.78, 5) is 17.0. The number of sulfonamides is 1. The number of aromatic nitrogens is 1. The average Bonchev–Trinajstić information content (AvgIpc) is 3.18. The summed E-state index contributed by atoms with van der Waals surface area (Å²) < 4.78 is 27.3. The fourth-order valence-electron chi connectivity index (χ4n) is 3.07. The van der Waals surface area contributed by atoms with Gasteiger partial charge in [0.1, 0.15) is 0 Å². The highest BCUT2D eigenvalue weighted by atomic mass is 32.2. The predicted octanol–water partition coefficient (Wildman–Crippen LogP) is 4.34. The average molecular weight is 458 g/mol. The standard InChI is InChI=1S/C23H27N3O3S2/c1-17-10-12-20(13-11-17)26(3)31(28,29)21-8-6-7-19(15-21)23(27)24-14-5-4-9-22-25-18(2)16-30-22/h6-8,10-13,15-16H,4-5,9,14H2,1-3H3,(H,24,27). The summed E-state index contributed by atoms with van der Waals surface area (Å²) in [6.45, 7) is 4.46. The minimum Gasteiger partial charge on any atom is -0.352 e. The molecule has 0 fully saturated rings. The summed E-state index contributed by atoms with van der Waals surface area (Å²) >= 11 is 1.66. The lowest BCUT2D eigenvalue weighted by Crippen LogP contribution is -2.28. The molecule has 0 unspecified atom stereocenters. The monoisotopic (exact) mass is 457 g/mol. The maximum atomic E-state index is 13.0. The number of hydrogen-bond acceptors (Lipinski definition) is 5. The number of aryl methyl sites for hydroxylation is 3. The van der Waals surface area contributed by atoms with Crippen molar-refractivity contribution in [1.29, 1.82) is 0 Å². The van der Waals surface area contributed by atoms with Gasteiger partial charge < -0.3 is 5.32 Å². The lowest BCUT2D eigenvalue weighted by Gasteiger charge is -2.20. The molecule has 164 valence electrons. The van der Waals surface area contributed by atoms with E-state index in [1.807, 2.05) is 31.4 Å². The minimum atomic E-state index is -3.77. The van der Waals surface area contributed by atoms with Gasteiger partial charge in [-0.1, -0.05) is 23.8 Å². The molecule has 0 spiro atoms. The summed E-state index contributed by atoms with van der Waals surface area (Å²) in [7, 11) is -2.26. The highest BCUT2D eigenvalue weighted by molar-refractivity contribution is 7.92. The molecule has 1 amide bonds. The maximum Gasteiger partial charge on any atom is 0.264 e. The number of hydrogen-bond donors (Lipinski definition) is 1. The van der Waals surface area contributed by atoms with Crippen LogP contribution in [0.1, 0.15) is 39.5 Å². The third kappa shape index (κ3) is 5.92. The third-order valence-corrected chi connectivity index (χ3v) is 7.73. The molecule has 2 aromatic carbocycles. The molecule has 0 aliphatic carbocycles. The smallest absolute Gasteiger partial charge is 0.264 e. The number of amides is 1. The zero-order valence-corrected chi connectivity index (χ0v) is 19.6. The van der Waals surface area contributed by atoms with Gasteiger partial charge in [0, 0.05) is 30.2 Å². The molecule has 1 aromatic heterocycles. The van der Waals surface area contributed by atoms with Crippen molar-refractivity contribution < 1.29 is 13.2 Å². The number of nitrogens with one attached hydrogen (secondary N) is 1. The van der Waals surface area contributed by atoms with E-state index in [1.54, 1.807) is 35.6 Å². The van der Waals surface area contributed by atoms with Gasteiger partial charge in [0.05, 0.1) is 15.6 Å². The van der Waals surface area contributed by atoms with E-state index in [2.05, 4.69) is 10.3 Å². The zero-order valence-electron chi connectivity index (χ0n) is 18.0. The Hall–Kier alpha value is -2.71. The van der Waals surface area contributed by atoms with Crippen molar-refractivity contribution in [3.63, 3.8) is 0 Å². The Morgan fingerprint density at radius 3 is 2.52 bits per heavy atom. The number of rotatable bonds is 9. The molecule has 0 saturated carbocycles. The summed E-state index contributed by atoms with van der Waals surface area (Å²) in [6, 6.07) is 13.4. The fourth-order valence-corrected chi connectivity index (χ4v) is 5.13. The lowest BCUT2D eigenvalue weighted by atomic mass is 10.2. The van der Waals surface area contributed by atoms with E-state index in [9.17, 15) is 13.2 Å². The van der Waals surface area contributed by atoms with Crippen LogP contribution in [0.15, 0.2) is 58.8 Å². The molecule has 0 bridgehead atoms. The molecular weight excluding hydrogens is 430 g/mol. The van der Waals surface area contributed by atoms with Crippen LogP contribution in [0.2, 0.25) is 0 Å². The second-order valence-electron chi connectivity index (χ2n) is 7.43. The second kappa shape index (κ2) is 10.1. The Labute approximate surface area is 188 Å². The van der Waals surface area contributed by atoms with Crippen LogP contribution in [-0.2, 0) is 16.4 Å². The second-order valence-corrected chi connectivity index (χ2v) is 10.3. The number of anilines is 1. The molecule has 31 heavy (non-hydrogen) atoms. The van der Waals surface area contributed by atoms with Gasteiger partial charge >= 0.3 is 0 Å². The van der Waals surface area contributed by atoms with Crippen LogP contribution >= 0.6 is 11.3 Å². The first kappa shape index (κ1) is 23.0. The molecule has 1 heterocycles. The predicted molar refractivity (Wildman–Crippen MR) is 125 cm³/mol. The van der Waals surface area contributed by atoms with Crippen molar-refractivity contribution in [3.05, 3.63) is 75.7 Å². The summed E-state index contributed by atoms with van der Waals surface area (Å²) in [6.07, 6.45) is 2.66. The zero-order chi connectivity index (χ0) is 22.4. The van der Waals surface area contributed by atoms with Crippen molar-refractivity contribution in [3.8, 4) is 0 Å². The first-order valence-electron chi connectivity index (χ1n) is 10.1. The van der Waals surface area contributed by atoms with Crippen LogP contribution in [0, 0.1) is 13.8 Å². The maximum absolute atomic E-state index is 13.0. The van der Waals surface area contributed by atoms with Crippen molar-refractivity contribution in [2.24, 2.45) is 0 Å². The Balaban J connectivity index is 1.59. The van der Waals surface area contributed by atoms with Crippen molar-refractivity contribution >= 4 is 33.0 Å². The van der Waals surface area contributed by atoms with E-state index in [0.717, 1.165) is 35.5 Å². The number of carbonyl (C=O) groups is 1. The summed E-state index contributed by atoms with van der Waals surface area (Å²) in [5.41, 5.74) is 2.98. The highest BCUT2D eigenvalue weighted by Gasteiger charge is 2.22. The van der Waals surface area contributed by atoms with E-state index < -0.39 is 10.0 Å². The topological polar surface area (TPSA) is 79.4 Å². The molecule has 3 rings (SSSR count). The fraction of sp³-hybridized carbons (Fsp3) is 0.304. The molecule has 3 aromatic rings. The summed E-state index contributed by atoms with van der Waals surface area (Å²) in [5, 5.41) is 6.02. The van der Waals surface area contributed by atoms with E-state index in [1.165, 1.54) is 23.5 Å². The van der Waals surface area contributed by atoms with Gasteiger partial charge in [0.2, 0.25) is 0 Å². The Bertz CT molecular complexity index is 1140. The third-order valence-electron chi connectivity index (χ3n) is 4.92. The molecule has 0 aliphatic heterocycles. The number of nitrogens with zero attached hydrogens (tertiary/aromatic N) is 2. The van der Waals surface area contributed by atoms with E-state index >= 15 is 0 Å². The van der Waals surface area contributed by atoms with Gasteiger partial charge in [-0.15, -0.1) is 11.3 Å². The Morgan fingerprint density at radius 2 is 1.84 bits per heavy atom. The molecule has 6 nitrogen and oxygen atoms in total. The van der Waals surface area contributed by atoms with Crippen molar-refractivity contribution in [1.82, 2.24) is 10.3 Å². The van der Waals surface area contributed by atoms with Gasteiger partial charge in [-0.3, -0.25) is 9.10 Å². The van der Waals surface area contributed by atoms with E-state index in [-0.39, 0.29) is 10.8 Å². The molecule has 1 N–H and O–H groups in total. The van der Waals surface area contributed by atoms with Crippen LogP contribution in [0.3, 0.4) is 0 Å². The highest BCUT2D eigenvalue weighted by Crippen LogP contribution is 2.23. The normalized spacial score (nSPS) is 11.3. The Kier molecular flexibility index (Phi) is 7.46. The van der Waals surface area contributed by atoms with Crippen molar-refractivity contribution in [2.75, 3.05) is 17.9 Å². The summed E-state index contributed by atoms with van der Waals surface area (Å²) in [5.74, 6) is -0.278. The molecule has 0 radical (unpaired) electrons. The van der Waals surface area contributed by atoms with Gasteiger partial charge in [-0.05, 0) is 63.4 Å². The Morgan fingerprint density at radius 1 is 1.10 bits per heavy atom. The first-order valence-corrected chi connectivity index (χ1v) is 12.4. The van der Waals surface area contributed by atoms with E-state index in [0.29, 0.717) is 17.8 Å². The quantitative estimate of drug-likeness (QED) is 0.485. The number of unbranched alkanes of at least 4 members (excludes halogenated alkanes) is 1. The molecular formula is C23H27N3O3S2. The van der Waals surface area contributed by atoms with Gasteiger partial charge in [-0.25, -0.2) is 13.4 Å². The van der Waals surface area contributed by atoms with Gasteiger partial charge in [0.15, 0.2) is 0 Å². The largest absolute Gasteiger partial charge is 0.352 e. The van der Waals surface area contributed by atoms with Gasteiger partial charge in [-0.2, -0.15) is 0 Å². The molecule has 0 atom stereocenters. The SMILES string of the molecule is Cc1ccc(N(C)S(=O)(=O)c2cccc(C(=O)NCCCCc3nc(C)cs3)c2)cc1. The molecule has 0 aliphatic rings.